The van der Waals surface area contributed by atoms with Gasteiger partial charge in [0.15, 0.2) is 0 Å². The van der Waals surface area contributed by atoms with Crippen molar-refractivity contribution in [2.24, 2.45) is 5.92 Å². The molecule has 2 aromatic carbocycles. The van der Waals surface area contributed by atoms with Crippen molar-refractivity contribution in [2.45, 2.75) is 20.4 Å². The van der Waals surface area contributed by atoms with Gasteiger partial charge in [0.25, 0.3) is 0 Å². The first-order valence-corrected chi connectivity index (χ1v) is 7.00. The molecule has 2 aromatic rings. The fourth-order valence-corrected chi connectivity index (χ4v) is 2.28. The molecule has 4 heteroatoms. The summed E-state index contributed by atoms with van der Waals surface area (Å²) < 4.78 is 27.1. The molecule has 0 spiro atoms. The highest BCUT2D eigenvalue weighted by Crippen LogP contribution is 2.24. The van der Waals surface area contributed by atoms with Gasteiger partial charge in [-0.2, -0.15) is 0 Å². The normalized spacial score (nSPS) is 10.9. The standard InChI is InChI=1S/C17H20F2N2/c1-12(2)10-21(11-13-3-5-14(18)6-4-13)17-8-7-15(20)9-16(17)19/h3-9,12H,10-11,20H2,1-2H3. The van der Waals surface area contributed by atoms with Gasteiger partial charge in [-0.05, 0) is 41.8 Å². The molecule has 0 aliphatic rings. The third-order valence-electron chi connectivity index (χ3n) is 3.18. The van der Waals surface area contributed by atoms with Crippen LogP contribution in [0.5, 0.6) is 0 Å². The van der Waals surface area contributed by atoms with E-state index in [1.165, 1.54) is 18.2 Å². The average molecular weight is 290 g/mol. The maximum absolute atomic E-state index is 14.1. The van der Waals surface area contributed by atoms with Crippen LogP contribution in [0.4, 0.5) is 20.2 Å². The predicted molar refractivity (Wildman–Crippen MR) is 83.1 cm³/mol. The van der Waals surface area contributed by atoms with Crippen molar-refractivity contribution in [3.8, 4) is 0 Å². The van der Waals surface area contributed by atoms with Crippen molar-refractivity contribution in [2.75, 3.05) is 17.2 Å². The van der Waals surface area contributed by atoms with Crippen LogP contribution in [0.1, 0.15) is 19.4 Å². The lowest BCUT2D eigenvalue weighted by Gasteiger charge is -2.27. The number of nitrogen functional groups attached to an aromatic ring is 1. The van der Waals surface area contributed by atoms with Crippen LogP contribution >= 0.6 is 0 Å². The van der Waals surface area contributed by atoms with E-state index >= 15 is 0 Å². The van der Waals surface area contributed by atoms with E-state index in [9.17, 15) is 8.78 Å². The summed E-state index contributed by atoms with van der Waals surface area (Å²) in [4.78, 5) is 1.95. The van der Waals surface area contributed by atoms with Crippen molar-refractivity contribution < 1.29 is 8.78 Å². The van der Waals surface area contributed by atoms with Crippen molar-refractivity contribution in [1.82, 2.24) is 0 Å². The van der Waals surface area contributed by atoms with Crippen LogP contribution < -0.4 is 10.6 Å². The number of rotatable bonds is 5. The largest absolute Gasteiger partial charge is 0.399 e. The summed E-state index contributed by atoms with van der Waals surface area (Å²) in [6.45, 7) is 5.39. The molecular weight excluding hydrogens is 270 g/mol. The molecular formula is C17H20F2N2. The summed E-state index contributed by atoms with van der Waals surface area (Å²) in [5, 5.41) is 0. The lowest BCUT2D eigenvalue weighted by molar-refractivity contribution is 0.579. The molecule has 112 valence electrons. The topological polar surface area (TPSA) is 29.3 Å². The third-order valence-corrected chi connectivity index (χ3v) is 3.18. The Labute approximate surface area is 124 Å². The van der Waals surface area contributed by atoms with E-state index in [1.54, 1.807) is 24.3 Å². The zero-order valence-corrected chi connectivity index (χ0v) is 12.3. The number of hydrogen-bond acceptors (Lipinski definition) is 2. The van der Waals surface area contributed by atoms with Gasteiger partial charge in [0.1, 0.15) is 11.6 Å². The van der Waals surface area contributed by atoms with Gasteiger partial charge in [0.2, 0.25) is 0 Å². The Morgan fingerprint density at radius 2 is 1.71 bits per heavy atom. The quantitative estimate of drug-likeness (QED) is 0.836. The molecule has 0 aliphatic heterocycles. The minimum atomic E-state index is -0.335. The monoisotopic (exact) mass is 290 g/mol. The van der Waals surface area contributed by atoms with E-state index in [0.29, 0.717) is 30.4 Å². The molecule has 0 unspecified atom stereocenters. The summed E-state index contributed by atoms with van der Waals surface area (Å²) in [6.07, 6.45) is 0. The molecule has 0 atom stereocenters. The van der Waals surface area contributed by atoms with Gasteiger partial charge < -0.3 is 10.6 Å². The zero-order valence-electron chi connectivity index (χ0n) is 12.3. The maximum Gasteiger partial charge on any atom is 0.148 e. The second kappa shape index (κ2) is 6.57. The van der Waals surface area contributed by atoms with Crippen LogP contribution in [0, 0.1) is 17.6 Å². The molecule has 0 saturated heterocycles. The van der Waals surface area contributed by atoms with Crippen LogP contribution in [0.3, 0.4) is 0 Å². The van der Waals surface area contributed by atoms with Crippen LogP contribution in [0.2, 0.25) is 0 Å². The van der Waals surface area contributed by atoms with Gasteiger partial charge in [-0.1, -0.05) is 26.0 Å². The van der Waals surface area contributed by atoms with Crippen molar-refractivity contribution in [1.29, 1.82) is 0 Å². The number of nitrogens with two attached hydrogens (primary N) is 1. The molecule has 0 amide bonds. The summed E-state index contributed by atoms with van der Waals surface area (Å²) in [5.74, 6) is -0.229. The van der Waals surface area contributed by atoms with Crippen LogP contribution in [-0.4, -0.2) is 6.54 Å². The number of nitrogens with zero attached hydrogens (tertiary/aromatic N) is 1. The van der Waals surface area contributed by atoms with Crippen molar-refractivity contribution >= 4 is 11.4 Å². The van der Waals surface area contributed by atoms with Crippen LogP contribution in [-0.2, 0) is 6.54 Å². The third kappa shape index (κ3) is 4.18. The summed E-state index contributed by atoms with van der Waals surface area (Å²) in [5.41, 5.74) is 7.46. The highest BCUT2D eigenvalue weighted by molar-refractivity contribution is 5.54. The number of hydrogen-bond donors (Lipinski definition) is 1. The second-order valence-electron chi connectivity index (χ2n) is 5.61. The van der Waals surface area contributed by atoms with Gasteiger partial charge in [-0.15, -0.1) is 0 Å². The average Bonchev–Trinajstić information content (AvgIpc) is 2.40. The highest BCUT2D eigenvalue weighted by atomic mass is 19.1. The predicted octanol–water partition coefficient (Wildman–Crippen LogP) is 4.21. The molecule has 2 N–H and O–H groups in total. The van der Waals surface area contributed by atoms with Gasteiger partial charge in [0.05, 0.1) is 5.69 Å². The van der Waals surface area contributed by atoms with Gasteiger partial charge in [0, 0.05) is 18.8 Å². The van der Waals surface area contributed by atoms with E-state index in [2.05, 4.69) is 13.8 Å². The number of benzene rings is 2. The first-order chi connectivity index (χ1) is 9.95. The van der Waals surface area contributed by atoms with Gasteiger partial charge >= 0.3 is 0 Å². The molecule has 0 radical (unpaired) electrons. The molecule has 0 aromatic heterocycles. The first kappa shape index (κ1) is 15.3. The minimum absolute atomic E-state index is 0.271. The Bertz CT molecular complexity index is 594. The molecule has 2 nitrogen and oxygen atoms in total. The molecule has 0 heterocycles. The van der Waals surface area contributed by atoms with Gasteiger partial charge in [-0.3, -0.25) is 0 Å². The SMILES string of the molecule is CC(C)CN(Cc1ccc(F)cc1)c1ccc(N)cc1F. The Balaban J connectivity index is 2.27. The lowest BCUT2D eigenvalue weighted by Crippen LogP contribution is -2.28. The van der Waals surface area contributed by atoms with E-state index in [4.69, 9.17) is 5.73 Å². The Morgan fingerprint density at radius 3 is 2.29 bits per heavy atom. The Hall–Kier alpha value is -2.10. The molecule has 0 saturated carbocycles. The lowest BCUT2D eigenvalue weighted by atomic mass is 10.1. The zero-order chi connectivity index (χ0) is 15.4. The van der Waals surface area contributed by atoms with Crippen molar-refractivity contribution in [3.63, 3.8) is 0 Å². The first-order valence-electron chi connectivity index (χ1n) is 7.00. The highest BCUT2D eigenvalue weighted by Gasteiger charge is 2.14. The van der Waals surface area contributed by atoms with E-state index in [1.807, 2.05) is 4.90 Å². The molecule has 0 aliphatic carbocycles. The molecule has 21 heavy (non-hydrogen) atoms. The van der Waals surface area contributed by atoms with Crippen molar-refractivity contribution in [3.05, 3.63) is 59.7 Å². The fourth-order valence-electron chi connectivity index (χ4n) is 2.28. The molecule has 2 rings (SSSR count). The molecule has 0 fully saturated rings. The number of halogens is 2. The maximum atomic E-state index is 14.1. The van der Waals surface area contributed by atoms with Crippen LogP contribution in [0.25, 0.3) is 0 Å². The molecule has 0 bridgehead atoms. The Morgan fingerprint density at radius 1 is 1.05 bits per heavy atom. The van der Waals surface area contributed by atoms with E-state index in [-0.39, 0.29) is 11.6 Å². The van der Waals surface area contributed by atoms with E-state index in [0.717, 1.165) is 5.56 Å². The second-order valence-corrected chi connectivity index (χ2v) is 5.61. The fraction of sp³-hybridized carbons (Fsp3) is 0.294. The Kier molecular flexibility index (Phi) is 4.78. The summed E-state index contributed by atoms with van der Waals surface area (Å²) in [7, 11) is 0. The number of anilines is 2. The summed E-state index contributed by atoms with van der Waals surface area (Å²) in [6, 6.07) is 11.0. The van der Waals surface area contributed by atoms with Crippen LogP contribution in [0.15, 0.2) is 42.5 Å². The minimum Gasteiger partial charge on any atom is -0.399 e. The van der Waals surface area contributed by atoms with E-state index < -0.39 is 0 Å². The smallest absolute Gasteiger partial charge is 0.148 e. The van der Waals surface area contributed by atoms with Gasteiger partial charge in [-0.25, -0.2) is 8.78 Å². The summed E-state index contributed by atoms with van der Waals surface area (Å²) >= 11 is 0.